The summed E-state index contributed by atoms with van der Waals surface area (Å²) in [6, 6.07) is 23.8. The van der Waals surface area contributed by atoms with Crippen molar-refractivity contribution in [1.82, 2.24) is 15.1 Å². The second-order valence-electron chi connectivity index (χ2n) is 6.18. The fourth-order valence-corrected chi connectivity index (χ4v) is 3.15. The van der Waals surface area contributed by atoms with Crippen molar-refractivity contribution in [3.63, 3.8) is 0 Å². The van der Waals surface area contributed by atoms with Crippen molar-refractivity contribution in [3.8, 4) is 0 Å². The molecule has 128 valence electrons. The van der Waals surface area contributed by atoms with E-state index in [1.807, 2.05) is 77.6 Å². The van der Waals surface area contributed by atoms with Gasteiger partial charge < -0.3 is 5.32 Å². The Labute approximate surface area is 152 Å². The Hall–Kier alpha value is -3.40. The summed E-state index contributed by atoms with van der Waals surface area (Å²) in [6.45, 7) is 1.17. The molecule has 26 heavy (non-hydrogen) atoms. The van der Waals surface area contributed by atoms with Crippen LogP contribution in [0, 0.1) is 0 Å². The van der Waals surface area contributed by atoms with Crippen LogP contribution in [0.5, 0.6) is 0 Å². The molecule has 3 aromatic carbocycles. The van der Waals surface area contributed by atoms with Crippen LogP contribution in [0.2, 0.25) is 0 Å². The Kier molecular flexibility index (Phi) is 4.48. The van der Waals surface area contributed by atoms with Crippen LogP contribution in [0.15, 0.2) is 85.2 Å². The van der Waals surface area contributed by atoms with Crippen molar-refractivity contribution in [3.05, 3.63) is 102 Å². The van der Waals surface area contributed by atoms with Crippen LogP contribution in [-0.2, 0) is 13.1 Å². The molecule has 0 fully saturated rings. The molecule has 0 aliphatic rings. The molecule has 0 atom stereocenters. The van der Waals surface area contributed by atoms with E-state index in [2.05, 4.69) is 16.5 Å². The lowest BCUT2D eigenvalue weighted by molar-refractivity contribution is 0.0952. The van der Waals surface area contributed by atoms with Crippen molar-refractivity contribution in [1.29, 1.82) is 0 Å². The second-order valence-corrected chi connectivity index (χ2v) is 6.18. The maximum atomic E-state index is 12.7. The summed E-state index contributed by atoms with van der Waals surface area (Å²) in [4.78, 5) is 12.7. The van der Waals surface area contributed by atoms with E-state index in [1.54, 1.807) is 6.20 Å². The van der Waals surface area contributed by atoms with Crippen LogP contribution in [0.3, 0.4) is 0 Å². The molecule has 0 spiro atoms. The normalized spacial score (nSPS) is 10.8. The summed E-state index contributed by atoms with van der Waals surface area (Å²) >= 11 is 0. The number of carbonyl (C=O) groups is 1. The molecule has 0 saturated heterocycles. The van der Waals surface area contributed by atoms with Gasteiger partial charge in [-0.25, -0.2) is 0 Å². The molecule has 4 rings (SSSR count). The topological polar surface area (TPSA) is 46.9 Å². The largest absolute Gasteiger partial charge is 0.348 e. The van der Waals surface area contributed by atoms with Gasteiger partial charge in [-0.05, 0) is 34.0 Å². The highest BCUT2D eigenvalue weighted by atomic mass is 16.1. The van der Waals surface area contributed by atoms with Gasteiger partial charge in [0.2, 0.25) is 0 Å². The predicted octanol–water partition coefficient (Wildman–Crippen LogP) is 4.01. The van der Waals surface area contributed by atoms with Gasteiger partial charge in [0.25, 0.3) is 5.91 Å². The van der Waals surface area contributed by atoms with Gasteiger partial charge in [-0.15, -0.1) is 0 Å². The molecular weight excluding hydrogens is 322 g/mol. The maximum absolute atomic E-state index is 12.7. The Morgan fingerprint density at radius 2 is 1.65 bits per heavy atom. The summed E-state index contributed by atoms with van der Waals surface area (Å²) in [7, 11) is 0. The third-order valence-electron chi connectivity index (χ3n) is 4.48. The number of rotatable bonds is 5. The average molecular weight is 341 g/mol. The molecule has 4 nitrogen and oxygen atoms in total. The van der Waals surface area contributed by atoms with Crippen LogP contribution in [-0.4, -0.2) is 15.7 Å². The zero-order valence-corrected chi connectivity index (χ0v) is 14.3. The van der Waals surface area contributed by atoms with E-state index in [0.717, 1.165) is 21.9 Å². The number of nitrogens with zero attached hydrogens (tertiary/aromatic N) is 2. The van der Waals surface area contributed by atoms with Gasteiger partial charge >= 0.3 is 0 Å². The monoisotopic (exact) mass is 341 g/mol. The van der Waals surface area contributed by atoms with E-state index in [0.29, 0.717) is 18.7 Å². The molecule has 4 heteroatoms. The molecule has 0 bridgehead atoms. The lowest BCUT2D eigenvalue weighted by Gasteiger charge is -2.12. The summed E-state index contributed by atoms with van der Waals surface area (Å²) in [5.41, 5.74) is 2.94. The SMILES string of the molecule is O=C(NCc1ccccc1Cn1cccn1)c1cccc2ccccc12. The van der Waals surface area contributed by atoms with E-state index in [1.165, 1.54) is 0 Å². The molecule has 4 aromatic rings. The summed E-state index contributed by atoms with van der Waals surface area (Å²) in [5, 5.41) is 9.36. The molecule has 0 aliphatic carbocycles. The third-order valence-corrected chi connectivity index (χ3v) is 4.48. The first-order valence-electron chi connectivity index (χ1n) is 8.61. The van der Waals surface area contributed by atoms with Crippen molar-refractivity contribution in [2.75, 3.05) is 0 Å². The lowest BCUT2D eigenvalue weighted by atomic mass is 10.0. The van der Waals surface area contributed by atoms with Crippen LogP contribution in [0.4, 0.5) is 0 Å². The Bertz CT molecular complexity index is 1030. The Morgan fingerprint density at radius 3 is 2.50 bits per heavy atom. The van der Waals surface area contributed by atoms with Crippen LogP contribution in [0.1, 0.15) is 21.5 Å². The zero-order valence-electron chi connectivity index (χ0n) is 14.3. The van der Waals surface area contributed by atoms with Crippen LogP contribution in [0.25, 0.3) is 10.8 Å². The van der Waals surface area contributed by atoms with Crippen molar-refractivity contribution in [2.45, 2.75) is 13.1 Å². The summed E-state index contributed by atoms with van der Waals surface area (Å²) in [5.74, 6) is -0.0595. The smallest absolute Gasteiger partial charge is 0.252 e. The van der Waals surface area contributed by atoms with E-state index in [9.17, 15) is 4.79 Å². The molecule has 1 N–H and O–H groups in total. The summed E-state index contributed by atoms with van der Waals surface area (Å²) < 4.78 is 1.88. The molecular formula is C22H19N3O. The molecule has 1 aromatic heterocycles. The van der Waals surface area contributed by atoms with Crippen LogP contribution < -0.4 is 5.32 Å². The number of hydrogen-bond donors (Lipinski definition) is 1. The first kappa shape index (κ1) is 16.1. The van der Waals surface area contributed by atoms with E-state index in [4.69, 9.17) is 0 Å². The van der Waals surface area contributed by atoms with E-state index < -0.39 is 0 Å². The minimum atomic E-state index is -0.0595. The van der Waals surface area contributed by atoms with Crippen molar-refractivity contribution < 1.29 is 4.79 Å². The Morgan fingerprint density at radius 1 is 0.885 bits per heavy atom. The molecule has 0 aliphatic heterocycles. The minimum absolute atomic E-state index is 0.0595. The third kappa shape index (κ3) is 3.35. The number of aromatic nitrogens is 2. The molecule has 1 heterocycles. The second kappa shape index (κ2) is 7.23. The number of benzene rings is 3. The standard InChI is InChI=1S/C22H19N3O/c26-22(21-12-5-10-17-7-3-4-11-20(17)21)23-15-18-8-1-2-9-19(18)16-25-14-6-13-24-25/h1-14H,15-16H2,(H,23,26). The number of hydrogen-bond acceptors (Lipinski definition) is 2. The minimum Gasteiger partial charge on any atom is -0.348 e. The number of fused-ring (bicyclic) bond motifs is 1. The first-order chi connectivity index (χ1) is 12.8. The van der Waals surface area contributed by atoms with Gasteiger partial charge in [-0.2, -0.15) is 5.10 Å². The van der Waals surface area contributed by atoms with Gasteiger partial charge in [0, 0.05) is 24.5 Å². The lowest BCUT2D eigenvalue weighted by Crippen LogP contribution is -2.23. The quantitative estimate of drug-likeness (QED) is 0.596. The molecule has 0 unspecified atom stereocenters. The fourth-order valence-electron chi connectivity index (χ4n) is 3.15. The van der Waals surface area contributed by atoms with Gasteiger partial charge in [0.1, 0.15) is 0 Å². The fraction of sp³-hybridized carbons (Fsp3) is 0.0909. The highest BCUT2D eigenvalue weighted by molar-refractivity contribution is 6.06. The molecule has 1 amide bonds. The molecule has 0 radical (unpaired) electrons. The number of amides is 1. The van der Waals surface area contributed by atoms with Gasteiger partial charge in [-0.1, -0.05) is 60.7 Å². The van der Waals surface area contributed by atoms with Gasteiger partial charge in [0.05, 0.1) is 6.54 Å². The highest BCUT2D eigenvalue weighted by Crippen LogP contribution is 2.18. The van der Waals surface area contributed by atoms with Crippen molar-refractivity contribution >= 4 is 16.7 Å². The average Bonchev–Trinajstić information content (AvgIpc) is 3.20. The van der Waals surface area contributed by atoms with Gasteiger partial charge in [-0.3, -0.25) is 9.48 Å². The maximum Gasteiger partial charge on any atom is 0.252 e. The first-order valence-corrected chi connectivity index (χ1v) is 8.61. The van der Waals surface area contributed by atoms with Crippen LogP contribution >= 0.6 is 0 Å². The summed E-state index contributed by atoms with van der Waals surface area (Å²) in [6.07, 6.45) is 3.70. The van der Waals surface area contributed by atoms with Crippen molar-refractivity contribution in [2.24, 2.45) is 0 Å². The number of nitrogens with one attached hydrogen (secondary N) is 1. The van der Waals surface area contributed by atoms with E-state index >= 15 is 0 Å². The molecule has 0 saturated carbocycles. The van der Waals surface area contributed by atoms with Gasteiger partial charge in [0.15, 0.2) is 0 Å². The highest BCUT2D eigenvalue weighted by Gasteiger charge is 2.10. The predicted molar refractivity (Wildman–Crippen MR) is 103 cm³/mol. The number of carbonyl (C=O) groups excluding carboxylic acids is 1. The Balaban J connectivity index is 1.53. The van der Waals surface area contributed by atoms with E-state index in [-0.39, 0.29) is 5.91 Å². The zero-order chi connectivity index (χ0) is 17.8.